The van der Waals surface area contributed by atoms with E-state index >= 15 is 0 Å². The highest BCUT2D eigenvalue weighted by molar-refractivity contribution is 7.86. The van der Waals surface area contributed by atoms with Crippen molar-refractivity contribution in [2.75, 3.05) is 0 Å². The van der Waals surface area contributed by atoms with Crippen molar-refractivity contribution < 1.29 is 51.9 Å². The molecule has 46 heavy (non-hydrogen) atoms. The maximum Gasteiger partial charge on any atom is 0.295 e. The smallest absolute Gasteiger partial charge is 0.295 e. The highest BCUT2D eigenvalue weighted by Crippen LogP contribution is 2.31. The first-order chi connectivity index (χ1) is 21.3. The second-order valence-corrected chi connectivity index (χ2v) is 15.0. The molecule has 0 spiro atoms. The summed E-state index contributed by atoms with van der Waals surface area (Å²) in [6.07, 6.45) is 4.61. The van der Waals surface area contributed by atoms with E-state index in [9.17, 15) is 57.4 Å². The van der Waals surface area contributed by atoms with E-state index in [-0.39, 0.29) is 33.6 Å². The Hall–Kier alpha value is -4.40. The lowest BCUT2D eigenvalue weighted by atomic mass is 10.1. The van der Waals surface area contributed by atoms with E-state index in [1.807, 2.05) is 0 Å². The summed E-state index contributed by atoms with van der Waals surface area (Å²) in [5.41, 5.74) is 9.95. The molecule has 0 aromatic heterocycles. The monoisotopic (exact) mass is 706 g/mol. The SMILES string of the molecule is [N-]=[N+](c1ccc(C=Cc2ccccc2S(=O)(=O)O)c(S(=O)(=O)O)c1)c1ccc(C=Cc2ccccc2S(=O)(=O)O)c(S(=O)(=O)O)c1. The molecule has 4 aromatic rings. The summed E-state index contributed by atoms with van der Waals surface area (Å²) >= 11 is 0. The van der Waals surface area contributed by atoms with Crippen LogP contribution in [-0.4, -0.2) is 51.9 Å². The molecule has 0 atom stereocenters. The van der Waals surface area contributed by atoms with Crippen LogP contribution in [0.15, 0.2) is 105 Å². The minimum Gasteiger partial charge on any atom is -0.493 e. The normalized spacial score (nSPS) is 13.0. The number of hydrogen-bond donors (Lipinski definition) is 4. The minimum absolute atomic E-state index is 0.00694. The second kappa shape index (κ2) is 12.8. The van der Waals surface area contributed by atoms with Crippen LogP contribution < -0.4 is 4.70 Å². The van der Waals surface area contributed by atoms with Crippen LogP contribution >= 0.6 is 0 Å². The molecule has 0 amide bonds. The Bertz CT molecular complexity index is 2220. The zero-order valence-corrected chi connectivity index (χ0v) is 26.2. The fourth-order valence-corrected chi connectivity index (χ4v) is 7.02. The molecule has 4 rings (SSSR count). The molecular formula is C28H22N2O12S4. The fourth-order valence-electron chi connectivity index (χ4n) is 4.25. The molecule has 0 aliphatic heterocycles. The van der Waals surface area contributed by atoms with Crippen molar-refractivity contribution in [1.29, 1.82) is 0 Å². The van der Waals surface area contributed by atoms with Gasteiger partial charge in [0.25, 0.3) is 40.5 Å². The van der Waals surface area contributed by atoms with E-state index in [1.165, 1.54) is 60.7 Å². The van der Waals surface area contributed by atoms with Crippen LogP contribution in [0, 0.1) is 0 Å². The third-order valence-electron chi connectivity index (χ3n) is 6.32. The molecule has 0 fully saturated rings. The summed E-state index contributed by atoms with van der Waals surface area (Å²) in [5.74, 6) is 0. The number of benzene rings is 4. The van der Waals surface area contributed by atoms with Gasteiger partial charge in [-0.3, -0.25) is 18.2 Å². The van der Waals surface area contributed by atoms with Gasteiger partial charge in [0.05, 0.1) is 0 Å². The third kappa shape index (κ3) is 8.05. The third-order valence-corrected chi connectivity index (χ3v) is 9.99. The van der Waals surface area contributed by atoms with Gasteiger partial charge in [-0.25, -0.2) is 4.70 Å². The van der Waals surface area contributed by atoms with Gasteiger partial charge in [0.2, 0.25) is 11.4 Å². The van der Waals surface area contributed by atoms with Crippen LogP contribution in [0.3, 0.4) is 0 Å². The highest BCUT2D eigenvalue weighted by Gasteiger charge is 2.22. The van der Waals surface area contributed by atoms with Crippen molar-refractivity contribution in [2.24, 2.45) is 0 Å². The van der Waals surface area contributed by atoms with Crippen molar-refractivity contribution in [3.8, 4) is 0 Å². The average Bonchev–Trinajstić information content (AvgIpc) is 2.97. The molecule has 240 valence electrons. The van der Waals surface area contributed by atoms with Crippen molar-refractivity contribution in [1.82, 2.24) is 4.70 Å². The predicted molar refractivity (Wildman–Crippen MR) is 168 cm³/mol. The Morgan fingerprint density at radius 3 is 1.02 bits per heavy atom. The van der Waals surface area contributed by atoms with Gasteiger partial charge >= 0.3 is 0 Å². The van der Waals surface area contributed by atoms with Gasteiger partial charge in [-0.1, -0.05) is 60.7 Å². The fraction of sp³-hybridized carbons (Fsp3) is 0. The van der Waals surface area contributed by atoms with Gasteiger partial charge in [0, 0.05) is 24.3 Å². The lowest BCUT2D eigenvalue weighted by Crippen LogP contribution is -2.06. The minimum atomic E-state index is -4.96. The van der Waals surface area contributed by atoms with Crippen LogP contribution in [0.25, 0.3) is 29.8 Å². The average molecular weight is 707 g/mol. The van der Waals surface area contributed by atoms with E-state index in [1.54, 1.807) is 0 Å². The van der Waals surface area contributed by atoms with E-state index in [2.05, 4.69) is 0 Å². The van der Waals surface area contributed by atoms with Crippen molar-refractivity contribution in [3.05, 3.63) is 113 Å². The quantitative estimate of drug-likeness (QED) is 0.0747. The Labute approximate surface area is 264 Å². The Kier molecular flexibility index (Phi) is 9.57. The lowest BCUT2D eigenvalue weighted by molar-refractivity contribution is 0.480. The standard InChI is InChI=1S/C28H22N2O12S4/c29-30(23-15-13-21(27(17-23)45(37,38)39)11-9-19-5-1-3-7-25(19)43(31,32)33)24-16-14-22(28(18-24)46(40,41)42)12-10-20-6-2-4-8-26(20)44(34,35)36/h1-18H,(H,31,32,33)(H,34,35,36)(H,37,38,39)(H,40,41,42). The summed E-state index contributed by atoms with van der Waals surface area (Å²) in [6, 6.07) is 16.8. The molecule has 0 aliphatic carbocycles. The van der Waals surface area contributed by atoms with E-state index in [4.69, 9.17) is 0 Å². The molecule has 0 aliphatic rings. The van der Waals surface area contributed by atoms with E-state index in [0.29, 0.717) is 4.70 Å². The highest BCUT2D eigenvalue weighted by atomic mass is 32.2. The van der Waals surface area contributed by atoms with Crippen LogP contribution in [0.1, 0.15) is 22.3 Å². The molecule has 4 N–H and O–H groups in total. The summed E-state index contributed by atoms with van der Waals surface area (Å²) in [5, 5.41) is 0. The first kappa shape index (κ1) is 34.5. The lowest BCUT2D eigenvalue weighted by Gasteiger charge is -2.11. The maximum absolute atomic E-state index is 12.2. The molecule has 0 radical (unpaired) electrons. The number of rotatable bonds is 10. The molecular weight excluding hydrogens is 685 g/mol. The largest absolute Gasteiger partial charge is 0.493 e. The zero-order chi connectivity index (χ0) is 34.1. The van der Waals surface area contributed by atoms with Crippen molar-refractivity contribution in [2.45, 2.75) is 19.6 Å². The summed E-state index contributed by atoms with van der Waals surface area (Å²) in [6.45, 7) is 0. The summed E-state index contributed by atoms with van der Waals surface area (Å²) in [7, 11) is -19.2. The number of nitrogens with zero attached hydrogens (tertiary/aromatic N) is 2. The molecule has 0 saturated heterocycles. The van der Waals surface area contributed by atoms with Gasteiger partial charge in [-0.05, 0) is 46.5 Å². The summed E-state index contributed by atoms with van der Waals surface area (Å²) < 4.78 is 135. The Morgan fingerprint density at radius 1 is 0.435 bits per heavy atom. The molecule has 18 heteroatoms. The molecule has 14 nitrogen and oxygen atoms in total. The first-order valence-electron chi connectivity index (χ1n) is 12.5. The van der Waals surface area contributed by atoms with Crippen LogP contribution in [0.5, 0.6) is 0 Å². The van der Waals surface area contributed by atoms with Crippen molar-refractivity contribution in [3.63, 3.8) is 0 Å². The second-order valence-electron chi connectivity index (χ2n) is 9.40. The van der Waals surface area contributed by atoms with Gasteiger partial charge in [-0.15, -0.1) is 0 Å². The summed E-state index contributed by atoms with van der Waals surface area (Å²) in [4.78, 5) is -2.41. The van der Waals surface area contributed by atoms with Crippen LogP contribution in [0.2, 0.25) is 0 Å². The van der Waals surface area contributed by atoms with Gasteiger partial charge in [0.1, 0.15) is 19.6 Å². The maximum atomic E-state index is 12.2. The molecule has 4 aromatic carbocycles. The molecule has 0 unspecified atom stereocenters. The Balaban J connectivity index is 1.75. The first-order valence-corrected chi connectivity index (χ1v) is 18.2. The zero-order valence-electron chi connectivity index (χ0n) is 23.0. The van der Waals surface area contributed by atoms with Crippen LogP contribution in [-0.2, 0) is 40.5 Å². The molecule has 0 heterocycles. The van der Waals surface area contributed by atoms with Gasteiger partial charge in [-0.2, -0.15) is 33.7 Å². The van der Waals surface area contributed by atoms with Crippen molar-refractivity contribution >= 4 is 76.2 Å². The molecule has 0 bridgehead atoms. The van der Waals surface area contributed by atoms with Gasteiger partial charge < -0.3 is 5.53 Å². The van der Waals surface area contributed by atoms with Crippen LogP contribution in [0.4, 0.5) is 11.4 Å². The van der Waals surface area contributed by atoms with E-state index < -0.39 is 60.1 Å². The molecule has 0 saturated carbocycles. The van der Waals surface area contributed by atoms with E-state index in [0.717, 1.165) is 48.6 Å². The topological polar surface area (TPSA) is 243 Å². The van der Waals surface area contributed by atoms with Gasteiger partial charge in [0.15, 0.2) is 0 Å². The number of hydrogen-bond acceptors (Lipinski definition) is 8. The Morgan fingerprint density at radius 2 is 0.717 bits per heavy atom. The predicted octanol–water partition coefficient (Wildman–Crippen LogP) is 4.87.